The van der Waals surface area contributed by atoms with Crippen molar-refractivity contribution in [3.8, 4) is 0 Å². The molecule has 0 aliphatic carbocycles. The van der Waals surface area contributed by atoms with Gasteiger partial charge in [-0.15, -0.1) is 17.0 Å². The SMILES string of the molecule is Br.C=N.[CH-]=CC.[CH2-]F.[Mg+2]. The third kappa shape index (κ3) is 1080. The molecule has 0 amide bonds. The zero-order chi connectivity index (χ0) is 6.71. The second-order valence-corrected chi connectivity index (χ2v) is 0.333. The Balaban J connectivity index is -0.00000000825. The molecule has 9 heavy (non-hydrogen) atoms. The largest absolute Gasteiger partial charge is 2.00 e. The zero-order valence-corrected chi connectivity index (χ0v) is 8.69. The van der Waals surface area contributed by atoms with Crippen LogP contribution in [0.4, 0.5) is 4.39 Å². The van der Waals surface area contributed by atoms with Gasteiger partial charge in [-0.1, -0.05) is 6.92 Å². The normalized spacial score (nSPS) is 2.56. The van der Waals surface area contributed by atoms with E-state index < -0.39 is 0 Å². The first-order valence-corrected chi connectivity index (χ1v) is 1.53. The molecule has 0 saturated carbocycles. The van der Waals surface area contributed by atoms with Crippen molar-refractivity contribution < 1.29 is 4.39 Å². The molecule has 0 aromatic rings. The molecular weight excluding hydrogens is 197 g/mol. The predicted molar refractivity (Wildman–Crippen MR) is 46.9 cm³/mol. The quantitative estimate of drug-likeness (QED) is 0.358. The molecule has 1 N–H and O–H groups in total. The molecule has 4 heteroatoms. The number of hydrogen-bond acceptors (Lipinski definition) is 1. The molecule has 0 unspecified atom stereocenters. The molecule has 0 radical (unpaired) electrons. The zero-order valence-electron chi connectivity index (χ0n) is 5.56. The van der Waals surface area contributed by atoms with Gasteiger partial charge in [0, 0.05) is 0 Å². The number of halogens is 2. The van der Waals surface area contributed by atoms with Crippen molar-refractivity contribution in [3.05, 3.63) is 19.8 Å². The third-order valence-electron chi connectivity index (χ3n) is 0. The Morgan fingerprint density at radius 1 is 1.56 bits per heavy atom. The first-order chi connectivity index (χ1) is 3.41. The summed E-state index contributed by atoms with van der Waals surface area (Å²) in [6, 6.07) is 0. The summed E-state index contributed by atoms with van der Waals surface area (Å²) in [7, 11) is 1.75. The van der Waals surface area contributed by atoms with E-state index in [-0.39, 0.29) is 40.0 Å². The van der Waals surface area contributed by atoms with Crippen molar-refractivity contribution in [3.63, 3.8) is 0 Å². The second-order valence-electron chi connectivity index (χ2n) is 0.333. The van der Waals surface area contributed by atoms with Crippen molar-refractivity contribution in [2.24, 2.45) is 0 Å². The summed E-state index contributed by atoms with van der Waals surface area (Å²) in [6.07, 6.45) is 1.50. The molecule has 0 aliphatic heterocycles. The first-order valence-electron chi connectivity index (χ1n) is 1.53. The summed E-state index contributed by atoms with van der Waals surface area (Å²) in [4.78, 5) is 0. The number of nitrogens with one attached hydrogen (secondary N) is 1. The van der Waals surface area contributed by atoms with E-state index in [0.717, 1.165) is 0 Å². The monoisotopic (exact) mass is 207 g/mol. The van der Waals surface area contributed by atoms with E-state index >= 15 is 0 Å². The first kappa shape index (κ1) is 33.6. The van der Waals surface area contributed by atoms with Gasteiger partial charge in [-0.25, -0.2) is 0 Å². The fourth-order valence-corrected chi connectivity index (χ4v) is 0. The molecule has 0 aliphatic rings. The van der Waals surface area contributed by atoms with E-state index in [9.17, 15) is 4.39 Å². The van der Waals surface area contributed by atoms with E-state index in [1.54, 1.807) is 14.1 Å². The van der Waals surface area contributed by atoms with Crippen LogP contribution in [0.5, 0.6) is 0 Å². The standard InChI is InChI=1S/C3H5.CH2F.CH3N.BrH.Mg/c1-3-2;2*1-2;;/h1,3H,2H3;1H2;2H,1H2;1H;/q2*-1;;;+2. The van der Waals surface area contributed by atoms with Crippen LogP contribution in [-0.2, 0) is 0 Å². The van der Waals surface area contributed by atoms with Crippen LogP contribution in [-0.4, -0.2) is 29.8 Å². The van der Waals surface area contributed by atoms with Crippen molar-refractivity contribution in [2.75, 3.05) is 0 Å². The average Bonchev–Trinajstić information content (AvgIpc) is 1.78. The van der Waals surface area contributed by atoms with Crippen LogP contribution in [0, 0.1) is 19.2 Å². The summed E-state index contributed by atoms with van der Waals surface area (Å²) in [6.45, 7) is 9.00. The summed E-state index contributed by atoms with van der Waals surface area (Å²) in [5.74, 6) is 0. The molecule has 0 aromatic heterocycles. The van der Waals surface area contributed by atoms with Gasteiger partial charge < -0.3 is 16.4 Å². The van der Waals surface area contributed by atoms with Crippen LogP contribution in [0.3, 0.4) is 0 Å². The maximum absolute atomic E-state index is 9.25. The Hall–Kier alpha value is 0.586. The van der Waals surface area contributed by atoms with E-state index in [0.29, 0.717) is 0 Å². The van der Waals surface area contributed by atoms with Gasteiger partial charge >= 0.3 is 23.1 Å². The van der Waals surface area contributed by atoms with Crippen molar-refractivity contribution in [1.29, 1.82) is 5.41 Å². The number of hydrogen-bond donors (Lipinski definition) is 1. The van der Waals surface area contributed by atoms with Gasteiger partial charge in [-0.2, -0.15) is 7.18 Å². The third-order valence-corrected chi connectivity index (χ3v) is 0. The topological polar surface area (TPSA) is 23.9 Å². The minimum absolute atomic E-state index is 0. The van der Waals surface area contributed by atoms with Crippen LogP contribution in [0.1, 0.15) is 6.92 Å². The maximum atomic E-state index is 9.25. The van der Waals surface area contributed by atoms with Crippen molar-refractivity contribution in [2.45, 2.75) is 6.92 Å². The minimum atomic E-state index is 0. The number of allylic oxidation sites excluding steroid dienone is 1. The molecule has 0 aromatic carbocycles. The molecule has 0 rings (SSSR count). The van der Waals surface area contributed by atoms with Crippen LogP contribution in [0.2, 0.25) is 0 Å². The summed E-state index contributed by atoms with van der Waals surface area (Å²) in [5, 5.41) is 5.50. The average molecular weight is 208 g/mol. The molecular formula is C5H11BrFMgN. The Morgan fingerprint density at radius 2 is 1.56 bits per heavy atom. The molecule has 0 saturated heterocycles. The van der Waals surface area contributed by atoms with Gasteiger partial charge in [0.2, 0.25) is 0 Å². The van der Waals surface area contributed by atoms with Crippen LogP contribution < -0.4 is 0 Å². The van der Waals surface area contributed by atoms with E-state index in [1.807, 2.05) is 0 Å². The van der Waals surface area contributed by atoms with Gasteiger partial charge in [0.05, 0.1) is 0 Å². The Bertz CT molecular complexity index is 30.9. The summed E-state index contributed by atoms with van der Waals surface area (Å²) < 4.78 is 9.25. The number of rotatable bonds is 0. The molecule has 0 spiro atoms. The molecule has 52 valence electrons. The smallest absolute Gasteiger partial charge is 0.518 e. The van der Waals surface area contributed by atoms with Gasteiger partial charge in [0.1, 0.15) is 0 Å². The fourth-order valence-electron chi connectivity index (χ4n) is 0. The van der Waals surface area contributed by atoms with E-state index in [4.69, 9.17) is 12.0 Å². The van der Waals surface area contributed by atoms with E-state index in [1.165, 1.54) is 6.08 Å². The Kier molecular flexibility index (Phi) is 733. The molecule has 0 atom stereocenters. The second kappa shape index (κ2) is 196. The molecule has 0 bridgehead atoms. The predicted octanol–water partition coefficient (Wildman–Crippen LogP) is 2.21. The Labute approximate surface area is 83.2 Å². The molecule has 0 fully saturated rings. The maximum Gasteiger partial charge on any atom is 2.00 e. The molecule has 0 heterocycles. The summed E-state index contributed by atoms with van der Waals surface area (Å²) >= 11 is 0. The fraction of sp³-hybridized carbons (Fsp3) is 0.200. The summed E-state index contributed by atoms with van der Waals surface area (Å²) in [5.41, 5.74) is 0. The van der Waals surface area contributed by atoms with E-state index in [2.05, 4.69) is 6.72 Å². The van der Waals surface area contributed by atoms with Gasteiger partial charge in [-0.05, 0) is 6.72 Å². The van der Waals surface area contributed by atoms with Gasteiger partial charge in [0.15, 0.2) is 0 Å². The minimum Gasteiger partial charge on any atom is -0.518 e. The van der Waals surface area contributed by atoms with Crippen LogP contribution in [0.25, 0.3) is 0 Å². The molecule has 1 nitrogen and oxygen atoms in total. The Morgan fingerprint density at radius 3 is 1.56 bits per heavy atom. The van der Waals surface area contributed by atoms with Crippen molar-refractivity contribution in [1.82, 2.24) is 0 Å². The van der Waals surface area contributed by atoms with Crippen LogP contribution in [0.15, 0.2) is 6.08 Å². The van der Waals surface area contributed by atoms with Gasteiger partial charge in [-0.3, -0.25) is 6.08 Å². The van der Waals surface area contributed by atoms with Crippen LogP contribution >= 0.6 is 17.0 Å². The van der Waals surface area contributed by atoms with Gasteiger partial charge in [0.25, 0.3) is 0 Å². The van der Waals surface area contributed by atoms with Crippen molar-refractivity contribution >= 4 is 46.8 Å².